The third kappa shape index (κ3) is 3.35. The molecule has 0 amide bonds. The number of benzene rings is 1. The van der Waals surface area contributed by atoms with E-state index in [2.05, 4.69) is 5.32 Å². The van der Waals surface area contributed by atoms with Crippen LogP contribution in [0.25, 0.3) is 0 Å². The van der Waals surface area contributed by atoms with E-state index < -0.39 is 0 Å². The molecule has 2 rings (SSSR count). The average Bonchev–Trinajstić information content (AvgIpc) is 2.94. The molecule has 0 radical (unpaired) electrons. The molecule has 1 aliphatic rings. The maximum absolute atomic E-state index is 10.6. The Bertz CT molecular complexity index is 453. The molecule has 0 bridgehead atoms. The number of nitrogens with one attached hydrogen (secondary N) is 1. The number of aliphatic hydroxyl groups excluding tert-OH is 1. The summed E-state index contributed by atoms with van der Waals surface area (Å²) >= 11 is 0. The number of aliphatic hydroxyl groups is 1. The van der Waals surface area contributed by atoms with Crippen molar-refractivity contribution in [1.82, 2.24) is 5.32 Å². The van der Waals surface area contributed by atoms with Crippen molar-refractivity contribution in [3.05, 3.63) is 39.9 Å². The van der Waals surface area contributed by atoms with Crippen molar-refractivity contribution in [3.8, 4) is 0 Å². The molecule has 0 aromatic heterocycles. The van der Waals surface area contributed by atoms with Gasteiger partial charge in [-0.1, -0.05) is 25.0 Å². The van der Waals surface area contributed by atoms with Crippen LogP contribution < -0.4 is 5.32 Å². The Morgan fingerprint density at radius 2 is 1.95 bits per heavy atom. The van der Waals surface area contributed by atoms with Crippen LogP contribution in [0.1, 0.15) is 44.2 Å². The third-order valence-corrected chi connectivity index (χ3v) is 4.39. The van der Waals surface area contributed by atoms with Crippen molar-refractivity contribution in [3.63, 3.8) is 0 Å². The van der Waals surface area contributed by atoms with Crippen LogP contribution in [0.5, 0.6) is 0 Å². The van der Waals surface area contributed by atoms with Crippen LogP contribution >= 0.6 is 0 Å². The summed E-state index contributed by atoms with van der Waals surface area (Å²) in [5.41, 5.74) is 1.17. The minimum Gasteiger partial charge on any atom is -0.396 e. The van der Waals surface area contributed by atoms with Gasteiger partial charge in [-0.2, -0.15) is 0 Å². The highest BCUT2D eigenvalue weighted by Crippen LogP contribution is 2.37. The number of hydrogen-bond donors (Lipinski definition) is 2. The number of non-ortho nitro benzene ring substituents is 1. The molecular weight excluding hydrogens is 256 g/mol. The van der Waals surface area contributed by atoms with Crippen LogP contribution in [0.15, 0.2) is 24.3 Å². The van der Waals surface area contributed by atoms with E-state index in [1.807, 2.05) is 6.92 Å². The van der Waals surface area contributed by atoms with Crippen molar-refractivity contribution < 1.29 is 10.0 Å². The van der Waals surface area contributed by atoms with Crippen molar-refractivity contribution in [2.45, 2.75) is 38.6 Å². The van der Waals surface area contributed by atoms with Crippen molar-refractivity contribution in [2.24, 2.45) is 5.41 Å². The van der Waals surface area contributed by atoms with E-state index >= 15 is 0 Å². The second-order valence-electron chi connectivity index (χ2n) is 5.82. The molecule has 0 aliphatic heterocycles. The van der Waals surface area contributed by atoms with Gasteiger partial charge in [0, 0.05) is 36.7 Å². The monoisotopic (exact) mass is 278 g/mol. The topological polar surface area (TPSA) is 75.4 Å². The van der Waals surface area contributed by atoms with Gasteiger partial charge in [-0.15, -0.1) is 0 Å². The molecule has 110 valence electrons. The SMILES string of the molecule is CC(NCC1(CO)CCCC1)c1ccc([N+](=O)[O-])cc1. The first kappa shape index (κ1) is 14.9. The summed E-state index contributed by atoms with van der Waals surface area (Å²) in [6.45, 7) is 3.07. The highest BCUT2D eigenvalue weighted by molar-refractivity contribution is 5.34. The van der Waals surface area contributed by atoms with E-state index in [0.29, 0.717) is 0 Å². The second-order valence-corrected chi connectivity index (χ2v) is 5.82. The largest absolute Gasteiger partial charge is 0.396 e. The molecule has 0 spiro atoms. The van der Waals surface area contributed by atoms with Gasteiger partial charge in [-0.3, -0.25) is 10.1 Å². The lowest BCUT2D eigenvalue weighted by Crippen LogP contribution is -2.36. The standard InChI is InChI=1S/C15H22N2O3/c1-12(13-4-6-14(7-5-13)17(19)20)16-10-15(11-18)8-2-3-9-15/h4-7,12,16,18H,2-3,8-11H2,1H3. The molecular formula is C15H22N2O3. The summed E-state index contributed by atoms with van der Waals surface area (Å²) in [7, 11) is 0. The molecule has 0 saturated heterocycles. The average molecular weight is 278 g/mol. The van der Waals surface area contributed by atoms with E-state index in [1.165, 1.54) is 25.0 Å². The molecule has 2 N–H and O–H groups in total. The fourth-order valence-electron chi connectivity index (χ4n) is 2.89. The zero-order valence-corrected chi connectivity index (χ0v) is 11.8. The van der Waals surface area contributed by atoms with Crippen LogP contribution in [-0.4, -0.2) is 23.2 Å². The van der Waals surface area contributed by atoms with Gasteiger partial charge in [-0.25, -0.2) is 0 Å². The molecule has 1 unspecified atom stereocenters. The lowest BCUT2D eigenvalue weighted by molar-refractivity contribution is -0.384. The Hall–Kier alpha value is -1.46. The summed E-state index contributed by atoms with van der Waals surface area (Å²) in [6.07, 6.45) is 4.52. The number of nitro benzene ring substituents is 1. The summed E-state index contributed by atoms with van der Waals surface area (Å²) < 4.78 is 0. The summed E-state index contributed by atoms with van der Waals surface area (Å²) in [6, 6.07) is 6.77. The maximum Gasteiger partial charge on any atom is 0.269 e. The number of nitrogens with zero attached hydrogens (tertiary/aromatic N) is 1. The molecule has 1 saturated carbocycles. The third-order valence-electron chi connectivity index (χ3n) is 4.39. The van der Waals surface area contributed by atoms with E-state index in [0.717, 1.165) is 24.9 Å². The van der Waals surface area contributed by atoms with Gasteiger partial charge in [0.05, 0.1) is 4.92 Å². The molecule has 5 nitrogen and oxygen atoms in total. The van der Waals surface area contributed by atoms with Crippen LogP contribution in [0.3, 0.4) is 0 Å². The van der Waals surface area contributed by atoms with Gasteiger partial charge >= 0.3 is 0 Å². The Morgan fingerprint density at radius 1 is 1.35 bits per heavy atom. The van der Waals surface area contributed by atoms with E-state index in [1.54, 1.807) is 12.1 Å². The normalized spacial score (nSPS) is 18.9. The zero-order valence-electron chi connectivity index (χ0n) is 11.8. The van der Waals surface area contributed by atoms with Gasteiger partial charge in [0.15, 0.2) is 0 Å². The Labute approximate surface area is 119 Å². The van der Waals surface area contributed by atoms with Gasteiger partial charge in [0.1, 0.15) is 0 Å². The van der Waals surface area contributed by atoms with E-state index in [9.17, 15) is 15.2 Å². The lowest BCUT2D eigenvalue weighted by atomic mass is 9.87. The summed E-state index contributed by atoms with van der Waals surface area (Å²) in [5.74, 6) is 0. The molecule has 1 aromatic rings. The van der Waals surface area contributed by atoms with Gasteiger partial charge in [0.25, 0.3) is 5.69 Å². The molecule has 1 atom stereocenters. The number of rotatable bonds is 6. The smallest absolute Gasteiger partial charge is 0.269 e. The predicted molar refractivity (Wildman–Crippen MR) is 77.5 cm³/mol. The predicted octanol–water partition coefficient (Wildman–Crippen LogP) is 2.80. The molecule has 20 heavy (non-hydrogen) atoms. The number of hydrogen-bond acceptors (Lipinski definition) is 4. The molecule has 1 aliphatic carbocycles. The summed E-state index contributed by atoms with van der Waals surface area (Å²) in [5, 5.41) is 23.7. The lowest BCUT2D eigenvalue weighted by Gasteiger charge is -2.28. The number of nitro groups is 1. The fraction of sp³-hybridized carbons (Fsp3) is 0.600. The quantitative estimate of drug-likeness (QED) is 0.619. The maximum atomic E-state index is 10.6. The van der Waals surface area contributed by atoms with Crippen molar-refractivity contribution in [1.29, 1.82) is 0 Å². The highest BCUT2D eigenvalue weighted by atomic mass is 16.6. The molecule has 5 heteroatoms. The van der Waals surface area contributed by atoms with E-state index in [-0.39, 0.29) is 28.7 Å². The fourth-order valence-corrected chi connectivity index (χ4v) is 2.89. The molecule has 1 fully saturated rings. The minimum atomic E-state index is -0.388. The Morgan fingerprint density at radius 3 is 2.45 bits per heavy atom. The Kier molecular flexibility index (Phi) is 4.73. The van der Waals surface area contributed by atoms with Crippen molar-refractivity contribution >= 4 is 5.69 Å². The second kappa shape index (κ2) is 6.33. The van der Waals surface area contributed by atoms with Gasteiger partial charge in [-0.05, 0) is 25.3 Å². The highest BCUT2D eigenvalue weighted by Gasteiger charge is 2.33. The molecule has 0 heterocycles. The zero-order chi connectivity index (χ0) is 14.6. The van der Waals surface area contributed by atoms with Crippen molar-refractivity contribution in [2.75, 3.05) is 13.2 Å². The van der Waals surface area contributed by atoms with Gasteiger partial charge < -0.3 is 10.4 Å². The first-order chi connectivity index (χ1) is 9.56. The van der Waals surface area contributed by atoms with Crippen LogP contribution in [0, 0.1) is 15.5 Å². The molecule has 1 aromatic carbocycles. The van der Waals surface area contributed by atoms with Crippen LogP contribution in [-0.2, 0) is 0 Å². The van der Waals surface area contributed by atoms with Crippen LogP contribution in [0.2, 0.25) is 0 Å². The van der Waals surface area contributed by atoms with E-state index in [4.69, 9.17) is 0 Å². The van der Waals surface area contributed by atoms with Crippen LogP contribution in [0.4, 0.5) is 5.69 Å². The first-order valence-corrected chi connectivity index (χ1v) is 7.15. The first-order valence-electron chi connectivity index (χ1n) is 7.15. The van der Waals surface area contributed by atoms with Gasteiger partial charge in [0.2, 0.25) is 0 Å². The summed E-state index contributed by atoms with van der Waals surface area (Å²) in [4.78, 5) is 10.2. The minimum absolute atomic E-state index is 0.0229. The Balaban J connectivity index is 1.94.